The van der Waals surface area contributed by atoms with Crippen LogP contribution in [0, 0.1) is 0 Å². The number of aliphatic carboxylic acids is 1. The molecule has 28 heavy (non-hydrogen) atoms. The Bertz CT molecular complexity index is 957. The average Bonchev–Trinajstić information content (AvgIpc) is 3.13. The first kappa shape index (κ1) is 20.7. The highest BCUT2D eigenvalue weighted by Gasteiger charge is 2.40. The van der Waals surface area contributed by atoms with E-state index in [9.17, 15) is 22.8 Å². The van der Waals surface area contributed by atoms with E-state index in [2.05, 4.69) is 19.8 Å². The number of carboxylic acids is 1. The summed E-state index contributed by atoms with van der Waals surface area (Å²) in [5, 5.41) is 12.7. The van der Waals surface area contributed by atoms with Crippen LogP contribution in [0.4, 0.5) is 13.2 Å². The molecule has 3 aromatic heterocycles. The number of aryl methyl sites for hydroxylation is 1. The van der Waals surface area contributed by atoms with E-state index in [-0.39, 0.29) is 6.42 Å². The van der Waals surface area contributed by atoms with Gasteiger partial charge in [-0.3, -0.25) is 4.79 Å². The van der Waals surface area contributed by atoms with Crippen molar-refractivity contribution in [1.29, 1.82) is 0 Å². The molecule has 0 bridgehead atoms. The number of carbonyl (C=O) groups is 2. The van der Waals surface area contributed by atoms with Crippen LogP contribution in [0.25, 0.3) is 16.9 Å². The number of esters is 1. The van der Waals surface area contributed by atoms with E-state index in [1.165, 1.54) is 6.33 Å². The van der Waals surface area contributed by atoms with E-state index in [1.54, 1.807) is 10.7 Å². The van der Waals surface area contributed by atoms with E-state index in [0.29, 0.717) is 19.4 Å². The molecule has 0 atom stereocenters. The zero-order valence-corrected chi connectivity index (χ0v) is 14.5. The van der Waals surface area contributed by atoms with Gasteiger partial charge in [0.2, 0.25) is 0 Å². The van der Waals surface area contributed by atoms with Gasteiger partial charge in [-0.2, -0.15) is 23.3 Å². The second kappa shape index (κ2) is 8.88. The van der Waals surface area contributed by atoms with Crippen LogP contribution in [-0.2, 0) is 20.9 Å². The molecule has 0 saturated carbocycles. The van der Waals surface area contributed by atoms with Crippen molar-refractivity contribution in [2.45, 2.75) is 19.1 Å². The average molecular weight is 398 g/mol. The molecule has 0 spiro atoms. The molecule has 3 heterocycles. The minimum Gasteiger partial charge on any atom is -0.481 e. The van der Waals surface area contributed by atoms with E-state index in [4.69, 9.17) is 5.11 Å². The number of carboxylic acid groups (broad SMARTS) is 1. The summed E-state index contributed by atoms with van der Waals surface area (Å²) in [5.41, 5.74) is 1.91. The largest absolute Gasteiger partial charge is 0.490 e. The molecule has 0 aromatic carbocycles. The number of hydrogen-bond acceptors (Lipinski definition) is 6. The van der Waals surface area contributed by atoms with Crippen molar-refractivity contribution in [3.8, 4) is 11.1 Å². The number of nitrogens with zero attached hydrogens (tertiary/aromatic N) is 5. The summed E-state index contributed by atoms with van der Waals surface area (Å²) in [4.78, 5) is 28.2. The Morgan fingerprint density at radius 2 is 1.89 bits per heavy atom. The number of alkyl halides is 3. The van der Waals surface area contributed by atoms with Gasteiger partial charge in [0.25, 0.3) is 5.78 Å². The minimum atomic E-state index is -4.85. The third kappa shape index (κ3) is 5.72. The van der Waals surface area contributed by atoms with Gasteiger partial charge >= 0.3 is 18.1 Å². The SMILES string of the molecule is COC(=O)C(F)(F)F.O=C(O)CC[n+]1ccc(-c2cnc3ncnn3c2)cc1. The Kier molecular flexibility index (Phi) is 6.58. The fourth-order valence-electron chi connectivity index (χ4n) is 2.01. The number of fused-ring (bicyclic) bond motifs is 1. The smallest absolute Gasteiger partial charge is 0.481 e. The molecule has 0 aliphatic rings. The molecular weight excluding hydrogens is 383 g/mol. The van der Waals surface area contributed by atoms with Gasteiger partial charge in [-0.05, 0) is 5.56 Å². The number of rotatable bonds is 4. The van der Waals surface area contributed by atoms with Crippen molar-refractivity contribution in [2.75, 3.05) is 7.11 Å². The summed E-state index contributed by atoms with van der Waals surface area (Å²) >= 11 is 0. The molecule has 0 fully saturated rings. The summed E-state index contributed by atoms with van der Waals surface area (Å²) in [6.07, 6.45) is 4.00. The Labute approximate surface area is 156 Å². The van der Waals surface area contributed by atoms with Gasteiger partial charge in [-0.25, -0.2) is 18.9 Å². The highest BCUT2D eigenvalue weighted by atomic mass is 19.4. The maximum Gasteiger partial charge on any atom is 0.490 e. The van der Waals surface area contributed by atoms with Crippen LogP contribution in [-0.4, -0.2) is 49.9 Å². The molecule has 3 aromatic rings. The van der Waals surface area contributed by atoms with Crippen LogP contribution < -0.4 is 4.57 Å². The molecule has 0 aliphatic carbocycles. The number of hydrogen-bond donors (Lipinski definition) is 1. The van der Waals surface area contributed by atoms with Crippen molar-refractivity contribution >= 4 is 17.7 Å². The molecule has 1 N–H and O–H groups in total. The molecule has 0 unspecified atom stereocenters. The van der Waals surface area contributed by atoms with Crippen LogP contribution >= 0.6 is 0 Å². The monoisotopic (exact) mass is 398 g/mol. The van der Waals surface area contributed by atoms with Crippen molar-refractivity contribution in [1.82, 2.24) is 19.6 Å². The lowest BCUT2D eigenvalue weighted by Crippen LogP contribution is -2.33. The predicted molar refractivity (Wildman–Crippen MR) is 86.7 cm³/mol. The lowest BCUT2D eigenvalue weighted by atomic mass is 10.1. The Morgan fingerprint density at radius 1 is 1.21 bits per heavy atom. The molecular formula is C16H15F3N5O4+. The molecule has 0 aliphatic heterocycles. The molecule has 9 nitrogen and oxygen atoms in total. The van der Waals surface area contributed by atoms with Crippen LogP contribution in [0.1, 0.15) is 6.42 Å². The van der Waals surface area contributed by atoms with E-state index < -0.39 is 18.1 Å². The second-order valence-corrected chi connectivity index (χ2v) is 5.30. The van der Waals surface area contributed by atoms with Crippen molar-refractivity contribution in [3.63, 3.8) is 0 Å². The molecule has 12 heteroatoms. The van der Waals surface area contributed by atoms with Gasteiger partial charge in [-0.1, -0.05) is 0 Å². The van der Waals surface area contributed by atoms with Gasteiger partial charge in [0.05, 0.1) is 7.11 Å². The van der Waals surface area contributed by atoms with Crippen LogP contribution in [0.5, 0.6) is 0 Å². The number of pyridine rings is 1. The first-order valence-electron chi connectivity index (χ1n) is 7.72. The third-order valence-corrected chi connectivity index (χ3v) is 3.36. The summed E-state index contributed by atoms with van der Waals surface area (Å²) in [6, 6.07) is 3.84. The topological polar surface area (TPSA) is 111 Å². The number of carbonyl (C=O) groups excluding carboxylic acids is 1. The van der Waals surface area contributed by atoms with Crippen LogP contribution in [0.3, 0.4) is 0 Å². The number of halogens is 3. The van der Waals surface area contributed by atoms with Crippen molar-refractivity contribution < 1.29 is 37.2 Å². The third-order valence-electron chi connectivity index (χ3n) is 3.36. The molecule has 148 valence electrons. The highest BCUT2D eigenvalue weighted by Crippen LogP contribution is 2.16. The normalized spacial score (nSPS) is 10.9. The Hall–Kier alpha value is -3.57. The van der Waals surface area contributed by atoms with Crippen LogP contribution in [0.15, 0.2) is 43.2 Å². The van der Waals surface area contributed by atoms with E-state index >= 15 is 0 Å². The molecule has 0 amide bonds. The Morgan fingerprint density at radius 3 is 2.43 bits per heavy atom. The first-order chi connectivity index (χ1) is 13.2. The first-order valence-corrected chi connectivity index (χ1v) is 7.72. The summed E-state index contributed by atoms with van der Waals surface area (Å²) < 4.78 is 39.7. The molecule has 0 saturated heterocycles. The predicted octanol–water partition coefficient (Wildman–Crippen LogP) is 1.28. The summed E-state index contributed by atoms with van der Waals surface area (Å²) in [5.74, 6) is -2.42. The van der Waals surface area contributed by atoms with Gasteiger partial charge in [0, 0.05) is 30.1 Å². The lowest BCUT2D eigenvalue weighted by molar-refractivity contribution is -0.695. The Balaban J connectivity index is 0.000000300. The van der Waals surface area contributed by atoms with E-state index in [0.717, 1.165) is 11.1 Å². The fraction of sp³-hybridized carbons (Fsp3) is 0.250. The van der Waals surface area contributed by atoms with Crippen molar-refractivity contribution in [3.05, 3.63) is 43.2 Å². The lowest BCUT2D eigenvalue weighted by Gasteiger charge is -2.01. The van der Waals surface area contributed by atoms with Gasteiger partial charge < -0.3 is 9.84 Å². The summed E-state index contributed by atoms with van der Waals surface area (Å²) in [6.45, 7) is 0.454. The second-order valence-electron chi connectivity index (χ2n) is 5.30. The van der Waals surface area contributed by atoms with Crippen molar-refractivity contribution in [2.24, 2.45) is 0 Å². The van der Waals surface area contributed by atoms with Gasteiger partial charge in [0.15, 0.2) is 18.9 Å². The van der Waals surface area contributed by atoms with E-state index in [1.807, 2.05) is 35.3 Å². The number of ether oxygens (including phenoxy) is 1. The zero-order chi connectivity index (χ0) is 20.7. The fourth-order valence-corrected chi connectivity index (χ4v) is 2.01. The number of methoxy groups -OCH3 is 1. The maximum atomic E-state index is 11.0. The minimum absolute atomic E-state index is 0.108. The molecule has 3 rings (SSSR count). The van der Waals surface area contributed by atoms with Gasteiger partial charge in [-0.15, -0.1) is 0 Å². The van der Waals surface area contributed by atoms with Gasteiger partial charge in [0.1, 0.15) is 12.7 Å². The standard InChI is InChI=1S/C13H11N5O2.C3H3F3O2/c19-12(20)3-6-17-4-1-10(2-5-17)11-7-14-13-15-9-16-18(13)8-11;1-8-2(7)3(4,5)6/h1-2,4-5,7-9H,3,6H2;1H3/p+1. The zero-order valence-electron chi connectivity index (χ0n) is 14.5. The maximum absolute atomic E-state index is 11.0. The quantitative estimate of drug-likeness (QED) is 0.521. The molecule has 0 radical (unpaired) electrons. The highest BCUT2D eigenvalue weighted by molar-refractivity contribution is 5.75. The number of aromatic nitrogens is 5. The van der Waals surface area contributed by atoms with Crippen LogP contribution in [0.2, 0.25) is 0 Å². The summed E-state index contributed by atoms with van der Waals surface area (Å²) in [7, 11) is 0.676.